The molecule has 120 valence electrons. The number of benzene rings is 1. The van der Waals surface area contributed by atoms with Crippen molar-refractivity contribution in [2.75, 3.05) is 14.2 Å². The smallest absolute Gasteiger partial charge is 0.294 e. The van der Waals surface area contributed by atoms with E-state index in [1.165, 1.54) is 26.4 Å². The Hall–Kier alpha value is -3.16. The van der Waals surface area contributed by atoms with Crippen molar-refractivity contribution >= 4 is 12.3 Å². The standard InChI is InChI=1S/C15H14N2O6/c1-21-11-4-3-9(5-12(11)22-2)14(23-8-18)13(19)10-6-16-7-17-15(10)20/h3-8,14H,1-2H3,(H,16,17,20). The van der Waals surface area contributed by atoms with Gasteiger partial charge in [-0.05, 0) is 12.1 Å². The lowest BCUT2D eigenvalue weighted by molar-refractivity contribution is -0.132. The molecule has 1 N–H and O–H groups in total. The van der Waals surface area contributed by atoms with Gasteiger partial charge >= 0.3 is 0 Å². The Labute approximate surface area is 131 Å². The second kappa shape index (κ2) is 7.21. The second-order valence-electron chi connectivity index (χ2n) is 4.39. The molecule has 1 aromatic carbocycles. The molecule has 0 saturated carbocycles. The Morgan fingerprint density at radius 2 is 2.00 bits per heavy atom. The first-order chi connectivity index (χ1) is 11.1. The summed E-state index contributed by atoms with van der Waals surface area (Å²) in [4.78, 5) is 41.0. The number of ether oxygens (including phenoxy) is 3. The summed E-state index contributed by atoms with van der Waals surface area (Å²) in [6.07, 6.45) is 0.978. The molecule has 0 aliphatic carbocycles. The van der Waals surface area contributed by atoms with Crippen LogP contribution in [0.5, 0.6) is 11.5 Å². The van der Waals surface area contributed by atoms with Crippen LogP contribution in [0.15, 0.2) is 35.5 Å². The molecule has 8 heteroatoms. The molecule has 0 fully saturated rings. The highest BCUT2D eigenvalue weighted by Gasteiger charge is 2.27. The molecule has 2 rings (SSSR count). The van der Waals surface area contributed by atoms with Crippen LogP contribution in [0.2, 0.25) is 0 Å². The molecule has 2 aromatic rings. The van der Waals surface area contributed by atoms with Crippen LogP contribution in [0.25, 0.3) is 0 Å². The minimum atomic E-state index is -1.29. The van der Waals surface area contributed by atoms with Crippen LogP contribution in [0.1, 0.15) is 22.0 Å². The van der Waals surface area contributed by atoms with Crippen molar-refractivity contribution in [2.24, 2.45) is 0 Å². The van der Waals surface area contributed by atoms with E-state index in [1.807, 2.05) is 0 Å². The first-order valence-corrected chi connectivity index (χ1v) is 6.50. The van der Waals surface area contributed by atoms with Crippen molar-refractivity contribution in [1.82, 2.24) is 9.97 Å². The molecule has 1 atom stereocenters. The summed E-state index contributed by atoms with van der Waals surface area (Å²) in [5.41, 5.74) is -0.498. The van der Waals surface area contributed by atoms with Crippen molar-refractivity contribution in [1.29, 1.82) is 0 Å². The van der Waals surface area contributed by atoms with E-state index in [2.05, 4.69) is 9.97 Å². The highest BCUT2D eigenvalue weighted by atomic mass is 16.5. The summed E-state index contributed by atoms with van der Waals surface area (Å²) in [6.45, 7) is 0.143. The van der Waals surface area contributed by atoms with Gasteiger partial charge in [0.2, 0.25) is 5.78 Å². The lowest BCUT2D eigenvalue weighted by Crippen LogP contribution is -2.24. The van der Waals surface area contributed by atoms with Gasteiger partial charge in [0.15, 0.2) is 17.6 Å². The molecule has 0 spiro atoms. The number of H-pyrrole nitrogens is 1. The zero-order valence-corrected chi connectivity index (χ0v) is 12.4. The van der Waals surface area contributed by atoms with Crippen molar-refractivity contribution in [2.45, 2.75) is 6.10 Å². The van der Waals surface area contributed by atoms with Gasteiger partial charge in [-0.25, -0.2) is 4.98 Å². The molecule has 0 aliphatic heterocycles. The van der Waals surface area contributed by atoms with Crippen LogP contribution in [-0.4, -0.2) is 36.4 Å². The number of methoxy groups -OCH3 is 2. The van der Waals surface area contributed by atoms with Gasteiger partial charge in [-0.3, -0.25) is 14.4 Å². The maximum absolute atomic E-state index is 12.5. The molecular formula is C15H14N2O6. The van der Waals surface area contributed by atoms with Gasteiger partial charge < -0.3 is 19.2 Å². The fraction of sp³-hybridized carbons (Fsp3) is 0.200. The fourth-order valence-electron chi connectivity index (χ4n) is 2.02. The fourth-order valence-corrected chi connectivity index (χ4v) is 2.02. The molecule has 0 amide bonds. The molecule has 0 bridgehead atoms. The summed E-state index contributed by atoms with van der Waals surface area (Å²) >= 11 is 0. The number of aromatic nitrogens is 2. The molecular weight excluding hydrogens is 304 g/mol. The van der Waals surface area contributed by atoms with Gasteiger partial charge in [0, 0.05) is 11.8 Å². The lowest BCUT2D eigenvalue weighted by atomic mass is 10.0. The van der Waals surface area contributed by atoms with E-state index >= 15 is 0 Å². The number of aromatic amines is 1. The van der Waals surface area contributed by atoms with E-state index in [0.29, 0.717) is 17.1 Å². The van der Waals surface area contributed by atoms with Crippen LogP contribution in [-0.2, 0) is 9.53 Å². The molecule has 0 aliphatic rings. The van der Waals surface area contributed by atoms with E-state index < -0.39 is 17.4 Å². The third-order valence-corrected chi connectivity index (χ3v) is 3.12. The first-order valence-electron chi connectivity index (χ1n) is 6.50. The number of nitrogens with zero attached hydrogens (tertiary/aromatic N) is 1. The van der Waals surface area contributed by atoms with Gasteiger partial charge in [-0.2, -0.15) is 0 Å². The van der Waals surface area contributed by atoms with Crippen molar-refractivity contribution in [3.05, 3.63) is 52.2 Å². The van der Waals surface area contributed by atoms with E-state index in [0.717, 1.165) is 12.5 Å². The molecule has 1 heterocycles. The number of hydrogen-bond donors (Lipinski definition) is 1. The van der Waals surface area contributed by atoms with Crippen molar-refractivity contribution < 1.29 is 23.8 Å². The summed E-state index contributed by atoms with van der Waals surface area (Å²) in [6, 6.07) is 4.60. The molecule has 1 unspecified atom stereocenters. The Bertz CT molecular complexity index is 771. The zero-order valence-electron chi connectivity index (χ0n) is 12.4. The maximum Gasteiger partial charge on any atom is 0.294 e. The molecule has 0 saturated heterocycles. The molecule has 8 nitrogen and oxygen atoms in total. The number of hydrogen-bond acceptors (Lipinski definition) is 7. The van der Waals surface area contributed by atoms with Gasteiger partial charge in [0.25, 0.3) is 12.0 Å². The summed E-state index contributed by atoms with van der Waals surface area (Å²) < 4.78 is 15.1. The van der Waals surface area contributed by atoms with Crippen LogP contribution in [0.4, 0.5) is 0 Å². The SMILES string of the molecule is COc1ccc(C(OC=O)C(=O)c2cnc[nH]c2=O)cc1OC. The van der Waals surface area contributed by atoms with Crippen LogP contribution < -0.4 is 15.0 Å². The number of carbonyl (C=O) groups is 2. The summed E-state index contributed by atoms with van der Waals surface area (Å²) in [5, 5.41) is 0. The predicted molar refractivity (Wildman–Crippen MR) is 78.6 cm³/mol. The molecule has 0 radical (unpaired) electrons. The van der Waals surface area contributed by atoms with Crippen molar-refractivity contribution in [3.8, 4) is 11.5 Å². The van der Waals surface area contributed by atoms with Crippen molar-refractivity contribution in [3.63, 3.8) is 0 Å². The first kappa shape index (κ1) is 16.2. The topological polar surface area (TPSA) is 108 Å². The van der Waals surface area contributed by atoms with Crippen LogP contribution in [0.3, 0.4) is 0 Å². The van der Waals surface area contributed by atoms with E-state index in [1.54, 1.807) is 6.07 Å². The van der Waals surface area contributed by atoms with Crippen LogP contribution >= 0.6 is 0 Å². The molecule has 23 heavy (non-hydrogen) atoms. The monoisotopic (exact) mass is 318 g/mol. The minimum Gasteiger partial charge on any atom is -0.493 e. The average molecular weight is 318 g/mol. The zero-order chi connectivity index (χ0) is 16.8. The molecule has 1 aromatic heterocycles. The van der Waals surface area contributed by atoms with E-state index in [4.69, 9.17) is 14.2 Å². The second-order valence-corrected chi connectivity index (χ2v) is 4.39. The van der Waals surface area contributed by atoms with E-state index in [-0.39, 0.29) is 12.0 Å². The number of carbonyl (C=O) groups excluding carboxylic acids is 2. The van der Waals surface area contributed by atoms with E-state index in [9.17, 15) is 14.4 Å². The Kier molecular flexibility index (Phi) is 5.08. The minimum absolute atomic E-state index is 0.143. The van der Waals surface area contributed by atoms with Gasteiger partial charge in [-0.15, -0.1) is 0 Å². The van der Waals surface area contributed by atoms with Gasteiger partial charge in [0.05, 0.1) is 20.5 Å². The largest absolute Gasteiger partial charge is 0.493 e. The number of ketones is 1. The quantitative estimate of drug-likeness (QED) is 0.596. The maximum atomic E-state index is 12.5. The average Bonchev–Trinajstić information content (AvgIpc) is 2.59. The normalized spacial score (nSPS) is 11.4. The number of rotatable bonds is 7. The third-order valence-electron chi connectivity index (χ3n) is 3.12. The Morgan fingerprint density at radius 3 is 2.61 bits per heavy atom. The predicted octanol–water partition coefficient (Wildman–Crippen LogP) is 0.884. The lowest BCUT2D eigenvalue weighted by Gasteiger charge is -2.16. The Balaban J connectivity index is 2.46. The van der Waals surface area contributed by atoms with Gasteiger partial charge in [0.1, 0.15) is 5.56 Å². The van der Waals surface area contributed by atoms with Crippen LogP contribution in [0, 0.1) is 0 Å². The third kappa shape index (κ3) is 3.37. The number of Topliss-reactive ketones (excluding diaryl/α,β-unsaturated/α-hetero) is 1. The Morgan fingerprint density at radius 1 is 1.26 bits per heavy atom. The summed E-state index contributed by atoms with van der Waals surface area (Å²) in [7, 11) is 2.90. The van der Waals surface area contributed by atoms with Gasteiger partial charge in [-0.1, -0.05) is 6.07 Å². The highest BCUT2D eigenvalue weighted by Crippen LogP contribution is 2.31. The number of nitrogens with one attached hydrogen (secondary N) is 1. The summed E-state index contributed by atoms with van der Waals surface area (Å²) in [5.74, 6) is 0.115. The highest BCUT2D eigenvalue weighted by molar-refractivity contribution is 6.00.